The van der Waals surface area contributed by atoms with Crippen molar-refractivity contribution in [3.05, 3.63) is 77.9 Å². The molecule has 0 unspecified atom stereocenters. The number of nitrogens with zero attached hydrogens (tertiary/aromatic N) is 3. The molecule has 1 aromatic heterocycles. The molecule has 3 aromatic carbocycles. The van der Waals surface area contributed by atoms with E-state index in [2.05, 4.69) is 10.3 Å². The average Bonchev–Trinajstić information content (AvgIpc) is 3.43. The molecule has 1 saturated heterocycles. The van der Waals surface area contributed by atoms with E-state index in [1.807, 2.05) is 11.6 Å². The van der Waals surface area contributed by atoms with Gasteiger partial charge < -0.3 is 29.2 Å². The molecule has 290 valence electrons. The van der Waals surface area contributed by atoms with E-state index in [1.54, 1.807) is 13.0 Å². The number of halogens is 4. The van der Waals surface area contributed by atoms with E-state index >= 15 is 0 Å². The molecule has 6 rings (SSSR count). The molecule has 0 radical (unpaired) electrons. The van der Waals surface area contributed by atoms with Gasteiger partial charge in [0.2, 0.25) is 5.91 Å². The third-order valence-corrected chi connectivity index (χ3v) is 11.9. The SMILES string of the molecule is Cc1nc2cc(S(=O)(=O)N(C)c3cccc(OC(=O)[C@H]4CC[C@@](O)(OCC5CCOCC5)C[C@@H]4C(=O)Nc4ccc(C(F)(F)F)cc4F)c3)ccc2n1C. The molecule has 2 aliphatic rings. The first-order valence-corrected chi connectivity index (χ1v) is 18.7. The van der Waals surface area contributed by atoms with Crippen LogP contribution in [0.4, 0.5) is 28.9 Å². The lowest BCUT2D eigenvalue weighted by Gasteiger charge is -2.40. The summed E-state index contributed by atoms with van der Waals surface area (Å²) in [5.74, 6) is -6.82. The quantitative estimate of drug-likeness (QED) is 0.0862. The van der Waals surface area contributed by atoms with Gasteiger partial charge in [0.15, 0.2) is 5.79 Å². The van der Waals surface area contributed by atoms with Gasteiger partial charge in [0.05, 0.1) is 51.3 Å². The maximum absolute atomic E-state index is 14.8. The normalized spacial score (nSPS) is 21.2. The molecular weight excluding hydrogens is 736 g/mol. The molecule has 1 saturated carbocycles. The summed E-state index contributed by atoms with van der Waals surface area (Å²) in [6, 6.07) is 12.0. The van der Waals surface area contributed by atoms with E-state index < -0.39 is 69.2 Å². The number of anilines is 2. The number of fused-ring (bicyclic) bond motifs is 1. The molecular formula is C37H40F4N4O8S. The number of imidazole rings is 1. The van der Waals surface area contributed by atoms with Gasteiger partial charge in [-0.3, -0.25) is 13.9 Å². The fourth-order valence-corrected chi connectivity index (χ4v) is 7.96. The summed E-state index contributed by atoms with van der Waals surface area (Å²) in [5.41, 5.74) is -0.388. The zero-order valence-corrected chi connectivity index (χ0v) is 30.5. The second-order valence-electron chi connectivity index (χ2n) is 13.7. The number of sulfonamides is 1. The number of benzene rings is 3. The summed E-state index contributed by atoms with van der Waals surface area (Å²) >= 11 is 0. The van der Waals surface area contributed by atoms with E-state index in [0.717, 1.165) is 15.9 Å². The Hall–Kier alpha value is -4.58. The number of carbonyl (C=O) groups is 2. The largest absolute Gasteiger partial charge is 0.426 e. The number of carbonyl (C=O) groups excluding carboxylic acids is 2. The minimum absolute atomic E-state index is 0.00920. The van der Waals surface area contributed by atoms with Crippen LogP contribution in [0.25, 0.3) is 11.0 Å². The number of esters is 1. The van der Waals surface area contributed by atoms with Gasteiger partial charge in [-0.25, -0.2) is 17.8 Å². The van der Waals surface area contributed by atoms with Crippen LogP contribution in [0.2, 0.25) is 0 Å². The second-order valence-corrected chi connectivity index (χ2v) is 15.7. The summed E-state index contributed by atoms with van der Waals surface area (Å²) in [4.78, 5) is 31.8. The number of rotatable bonds is 10. The van der Waals surface area contributed by atoms with Crippen LogP contribution in [0.15, 0.2) is 65.6 Å². The summed E-state index contributed by atoms with van der Waals surface area (Å²) in [6.07, 6.45) is -3.96. The Morgan fingerprint density at radius 1 is 1.07 bits per heavy atom. The maximum Gasteiger partial charge on any atom is 0.416 e. The van der Waals surface area contributed by atoms with Crippen LogP contribution >= 0.6 is 0 Å². The highest BCUT2D eigenvalue weighted by Gasteiger charge is 2.47. The Labute approximate surface area is 309 Å². The van der Waals surface area contributed by atoms with Gasteiger partial charge in [0.25, 0.3) is 10.0 Å². The van der Waals surface area contributed by atoms with Crippen molar-refractivity contribution in [2.45, 2.75) is 55.9 Å². The molecule has 2 fully saturated rings. The van der Waals surface area contributed by atoms with Gasteiger partial charge in [-0.15, -0.1) is 0 Å². The Bertz CT molecular complexity index is 2160. The fourth-order valence-electron chi connectivity index (χ4n) is 6.76. The first-order valence-electron chi connectivity index (χ1n) is 17.3. The average molecular weight is 777 g/mol. The van der Waals surface area contributed by atoms with E-state index in [1.165, 1.54) is 43.4 Å². The van der Waals surface area contributed by atoms with Crippen molar-refractivity contribution in [3.8, 4) is 5.75 Å². The Kier molecular flexibility index (Phi) is 11.1. The molecule has 17 heteroatoms. The lowest BCUT2D eigenvalue weighted by molar-refractivity contribution is -0.241. The fraction of sp³-hybridized carbons (Fsp3) is 0.432. The zero-order valence-electron chi connectivity index (χ0n) is 29.7. The van der Waals surface area contributed by atoms with E-state index in [9.17, 15) is 40.7 Å². The van der Waals surface area contributed by atoms with Crippen molar-refractivity contribution in [2.75, 3.05) is 36.5 Å². The van der Waals surface area contributed by atoms with Crippen molar-refractivity contribution in [2.24, 2.45) is 24.8 Å². The number of hydrogen-bond acceptors (Lipinski definition) is 9. The topological polar surface area (TPSA) is 149 Å². The standard InChI is InChI=1S/C37H40F4N4O8S/c1-22-42-32-19-27(8-10-33(32)44(22)2)54(49,50)45(3)25-5-4-6-26(18-25)53-35(47)28-11-14-36(48,52-21-23-12-15-51-16-13-23)20-29(28)34(46)43-31-9-7-24(17-30(31)38)37(39,40)41/h4-10,17-19,23,28-29,48H,11-16,20-21H2,1-3H3,(H,43,46)/t28-,29-,36+/m0/s1. The van der Waals surface area contributed by atoms with Crippen molar-refractivity contribution < 1.29 is 54.9 Å². The van der Waals surface area contributed by atoms with Gasteiger partial charge >= 0.3 is 12.1 Å². The molecule has 12 nitrogen and oxygen atoms in total. The van der Waals surface area contributed by atoms with Crippen molar-refractivity contribution in [1.29, 1.82) is 0 Å². The zero-order chi connectivity index (χ0) is 39.0. The molecule has 2 heterocycles. The lowest BCUT2D eigenvalue weighted by atomic mass is 9.75. The Morgan fingerprint density at radius 3 is 2.52 bits per heavy atom. The number of amides is 1. The predicted molar refractivity (Wildman–Crippen MR) is 188 cm³/mol. The van der Waals surface area contributed by atoms with Gasteiger partial charge in [-0.2, -0.15) is 13.2 Å². The number of aromatic nitrogens is 2. The van der Waals surface area contributed by atoms with Crippen LogP contribution in [0.1, 0.15) is 43.5 Å². The van der Waals surface area contributed by atoms with Gasteiger partial charge in [-0.1, -0.05) is 6.07 Å². The van der Waals surface area contributed by atoms with Crippen molar-refractivity contribution in [3.63, 3.8) is 0 Å². The van der Waals surface area contributed by atoms with Crippen LogP contribution < -0.4 is 14.4 Å². The molecule has 4 aromatic rings. The highest BCUT2D eigenvalue weighted by Crippen LogP contribution is 2.40. The van der Waals surface area contributed by atoms with Crippen LogP contribution in [0.5, 0.6) is 5.75 Å². The van der Waals surface area contributed by atoms with Crippen molar-refractivity contribution in [1.82, 2.24) is 9.55 Å². The van der Waals surface area contributed by atoms with Crippen molar-refractivity contribution >= 4 is 44.3 Å². The molecule has 0 spiro atoms. The molecule has 1 aliphatic heterocycles. The summed E-state index contributed by atoms with van der Waals surface area (Å²) in [6.45, 7) is 3.03. The van der Waals surface area contributed by atoms with Crippen LogP contribution in [0, 0.1) is 30.5 Å². The van der Waals surface area contributed by atoms with E-state index in [-0.39, 0.29) is 47.8 Å². The minimum atomic E-state index is -4.82. The Balaban J connectivity index is 1.21. The monoisotopic (exact) mass is 776 g/mol. The first-order chi connectivity index (χ1) is 25.4. The highest BCUT2D eigenvalue weighted by molar-refractivity contribution is 7.92. The number of ether oxygens (including phenoxy) is 3. The smallest absolute Gasteiger partial charge is 0.416 e. The predicted octanol–water partition coefficient (Wildman–Crippen LogP) is 5.96. The van der Waals surface area contributed by atoms with Crippen LogP contribution in [-0.2, 0) is 42.3 Å². The van der Waals surface area contributed by atoms with Gasteiger partial charge in [0.1, 0.15) is 17.4 Å². The third kappa shape index (κ3) is 8.38. The van der Waals surface area contributed by atoms with Gasteiger partial charge in [0, 0.05) is 46.2 Å². The molecule has 2 N–H and O–H groups in total. The van der Waals surface area contributed by atoms with Crippen LogP contribution in [-0.4, -0.2) is 67.6 Å². The molecule has 54 heavy (non-hydrogen) atoms. The summed E-state index contributed by atoms with van der Waals surface area (Å²) < 4.78 is 101. The molecule has 1 amide bonds. The second kappa shape index (κ2) is 15.3. The number of aryl methyl sites for hydroxylation is 2. The number of alkyl halides is 3. The number of hydrogen-bond donors (Lipinski definition) is 2. The Morgan fingerprint density at radius 2 is 1.81 bits per heavy atom. The molecule has 3 atom stereocenters. The van der Waals surface area contributed by atoms with Gasteiger partial charge in [-0.05, 0) is 80.6 Å². The molecule has 0 bridgehead atoms. The molecule has 1 aliphatic carbocycles. The number of aliphatic hydroxyl groups is 1. The summed E-state index contributed by atoms with van der Waals surface area (Å²) in [7, 11) is -0.934. The highest BCUT2D eigenvalue weighted by atomic mass is 32.2. The van der Waals surface area contributed by atoms with Crippen LogP contribution in [0.3, 0.4) is 0 Å². The lowest BCUT2D eigenvalue weighted by Crippen LogP contribution is -2.49. The van der Waals surface area contributed by atoms with E-state index in [0.29, 0.717) is 43.5 Å². The van der Waals surface area contributed by atoms with E-state index in [4.69, 9.17) is 14.2 Å². The minimum Gasteiger partial charge on any atom is -0.426 e. The first kappa shape index (κ1) is 39.1. The maximum atomic E-state index is 14.8. The third-order valence-electron chi connectivity index (χ3n) is 10.1. The number of nitrogens with one attached hydrogen (secondary N) is 1. The summed E-state index contributed by atoms with van der Waals surface area (Å²) in [5, 5.41) is 13.7.